The van der Waals surface area contributed by atoms with Gasteiger partial charge >= 0.3 is 0 Å². The molecule has 0 aromatic heterocycles. The summed E-state index contributed by atoms with van der Waals surface area (Å²) < 4.78 is 15.2. The second-order valence-corrected chi connectivity index (χ2v) is 9.26. The molecule has 2 aliphatic heterocycles. The van der Waals surface area contributed by atoms with Crippen molar-refractivity contribution in [1.82, 2.24) is 0 Å². The smallest absolute Gasteiger partial charge is 0.205 e. The van der Waals surface area contributed by atoms with E-state index in [1.165, 1.54) is 0 Å². The molecule has 0 aromatic rings. The van der Waals surface area contributed by atoms with Gasteiger partial charge in [0.05, 0.1) is 25.0 Å². The van der Waals surface area contributed by atoms with Crippen molar-refractivity contribution in [2.45, 2.75) is 31.8 Å². The van der Waals surface area contributed by atoms with Crippen molar-refractivity contribution < 1.29 is 13.6 Å². The highest BCUT2D eigenvalue weighted by Gasteiger charge is 2.41. The second-order valence-electron chi connectivity index (χ2n) is 3.77. The molecule has 2 atom stereocenters. The monoisotopic (exact) mass is 206 g/mol. The van der Waals surface area contributed by atoms with Crippen molar-refractivity contribution >= 4 is 18.8 Å². The van der Waals surface area contributed by atoms with Crippen LogP contribution in [0.4, 0.5) is 0 Å². The molecular weight excluding hydrogens is 188 g/mol. The average molecular weight is 206 g/mol. The highest BCUT2D eigenvalue weighted by Crippen LogP contribution is 2.22. The van der Waals surface area contributed by atoms with Crippen LogP contribution < -0.4 is 0 Å². The molecule has 0 spiro atoms. The van der Waals surface area contributed by atoms with Crippen LogP contribution in [0.5, 0.6) is 0 Å². The van der Waals surface area contributed by atoms with Gasteiger partial charge in [-0.2, -0.15) is 0 Å². The van der Waals surface area contributed by atoms with Gasteiger partial charge in [-0.1, -0.05) is 0 Å². The Hall–Kier alpha value is 0.314. The Morgan fingerprint density at radius 1 is 1.33 bits per heavy atom. The zero-order valence-corrected chi connectivity index (χ0v) is 11.3. The van der Waals surface area contributed by atoms with Gasteiger partial charge in [-0.3, -0.25) is 0 Å². The fourth-order valence-corrected chi connectivity index (χ4v) is 2.63. The van der Waals surface area contributed by atoms with Crippen LogP contribution in [0.25, 0.3) is 0 Å². The first-order valence-electron chi connectivity index (χ1n) is 4.34. The predicted octanol–water partition coefficient (Wildman–Crippen LogP) is -0.168. The highest BCUT2D eigenvalue weighted by molar-refractivity contribution is 6.75. The Morgan fingerprint density at radius 3 is 1.83 bits per heavy atom. The number of epoxide rings is 2. The Labute approximate surface area is 78.1 Å². The SMILES string of the molecule is CC1CO1.C[Si](C)(O[SiH3])C1CO1. The highest BCUT2D eigenvalue weighted by atomic mass is 28.4. The van der Waals surface area contributed by atoms with Gasteiger partial charge in [0.1, 0.15) is 10.5 Å². The van der Waals surface area contributed by atoms with E-state index in [1.807, 2.05) is 0 Å². The third kappa shape index (κ3) is 3.82. The van der Waals surface area contributed by atoms with E-state index in [2.05, 4.69) is 20.0 Å². The quantitative estimate of drug-likeness (QED) is 0.465. The molecule has 2 saturated heterocycles. The van der Waals surface area contributed by atoms with Crippen LogP contribution in [0.2, 0.25) is 13.1 Å². The molecule has 3 nitrogen and oxygen atoms in total. The van der Waals surface area contributed by atoms with E-state index in [0.29, 0.717) is 11.8 Å². The third-order valence-corrected chi connectivity index (χ3v) is 8.23. The van der Waals surface area contributed by atoms with Crippen molar-refractivity contribution in [2.24, 2.45) is 0 Å². The molecule has 2 unspecified atom stereocenters. The summed E-state index contributed by atoms with van der Waals surface area (Å²) in [5.74, 6) is 0. The Kier molecular flexibility index (Phi) is 3.48. The maximum atomic E-state index is 5.41. The van der Waals surface area contributed by atoms with Crippen LogP contribution in [-0.2, 0) is 13.6 Å². The molecule has 12 heavy (non-hydrogen) atoms. The van der Waals surface area contributed by atoms with Crippen molar-refractivity contribution in [3.05, 3.63) is 0 Å². The van der Waals surface area contributed by atoms with E-state index in [-0.39, 0.29) is 0 Å². The van der Waals surface area contributed by atoms with Crippen LogP contribution in [0.15, 0.2) is 0 Å². The van der Waals surface area contributed by atoms with Gasteiger partial charge in [0.15, 0.2) is 0 Å². The second kappa shape index (κ2) is 4.01. The molecule has 0 radical (unpaired) electrons. The number of rotatable bonds is 2. The zero-order chi connectivity index (χ0) is 9.19. The largest absolute Gasteiger partial charge is 0.462 e. The van der Waals surface area contributed by atoms with Crippen LogP contribution in [0.3, 0.4) is 0 Å². The van der Waals surface area contributed by atoms with Gasteiger partial charge in [-0.15, -0.1) is 0 Å². The number of hydrogen-bond acceptors (Lipinski definition) is 3. The third-order valence-electron chi connectivity index (χ3n) is 2.13. The fourth-order valence-electron chi connectivity index (χ4n) is 0.677. The standard InChI is InChI=1S/C4H12O2Si2.C3H6O/c1-8(2,6-7)4-3-5-4;1-3-2-4-3/h4H,3H2,1-2,7H3;3H,2H2,1H3. The molecule has 0 amide bonds. The zero-order valence-electron chi connectivity index (χ0n) is 8.29. The lowest BCUT2D eigenvalue weighted by molar-refractivity contribution is 0.423. The molecule has 2 aliphatic rings. The fraction of sp³-hybridized carbons (Fsp3) is 1.00. The summed E-state index contributed by atoms with van der Waals surface area (Å²) in [6.45, 7) is 8.40. The number of hydrogen-bond donors (Lipinski definition) is 0. The van der Waals surface area contributed by atoms with E-state index in [0.717, 1.165) is 23.7 Å². The summed E-state index contributed by atoms with van der Waals surface area (Å²) in [5, 5.41) is 0. The molecule has 0 aliphatic carbocycles. The lowest BCUT2D eigenvalue weighted by Crippen LogP contribution is -2.36. The normalized spacial score (nSPS) is 32.2. The van der Waals surface area contributed by atoms with E-state index in [1.54, 1.807) is 0 Å². The molecule has 0 bridgehead atoms. The van der Waals surface area contributed by atoms with E-state index in [9.17, 15) is 0 Å². The van der Waals surface area contributed by atoms with Crippen LogP contribution in [-0.4, -0.2) is 43.8 Å². The molecular formula is C7H18O3Si2. The summed E-state index contributed by atoms with van der Waals surface area (Å²) in [7, 11) is -0.437. The Morgan fingerprint density at radius 2 is 1.75 bits per heavy atom. The van der Waals surface area contributed by atoms with E-state index >= 15 is 0 Å². The van der Waals surface area contributed by atoms with Crippen LogP contribution in [0, 0.1) is 0 Å². The lowest BCUT2D eigenvalue weighted by Gasteiger charge is -2.16. The number of ether oxygens (including phenoxy) is 2. The van der Waals surface area contributed by atoms with Crippen LogP contribution >= 0.6 is 0 Å². The topological polar surface area (TPSA) is 34.3 Å². The van der Waals surface area contributed by atoms with E-state index < -0.39 is 8.32 Å². The molecule has 0 aromatic carbocycles. The van der Waals surface area contributed by atoms with E-state index in [4.69, 9.17) is 13.6 Å². The van der Waals surface area contributed by atoms with Gasteiger partial charge in [0, 0.05) is 0 Å². The minimum absolute atomic E-state index is 0.514. The molecule has 5 heteroatoms. The minimum atomic E-state index is -1.30. The van der Waals surface area contributed by atoms with Crippen molar-refractivity contribution in [1.29, 1.82) is 0 Å². The first kappa shape index (κ1) is 10.4. The van der Waals surface area contributed by atoms with Crippen molar-refractivity contribution in [2.75, 3.05) is 13.2 Å². The van der Waals surface area contributed by atoms with Gasteiger partial charge in [0.2, 0.25) is 8.32 Å². The van der Waals surface area contributed by atoms with Gasteiger partial charge in [-0.25, -0.2) is 0 Å². The average Bonchev–Trinajstić information content (AvgIpc) is 2.80. The maximum Gasteiger partial charge on any atom is 0.205 e. The molecule has 72 valence electrons. The maximum absolute atomic E-state index is 5.41. The Balaban J connectivity index is 0.000000150. The minimum Gasteiger partial charge on any atom is -0.462 e. The lowest BCUT2D eigenvalue weighted by atomic mass is 10.6. The molecule has 2 fully saturated rings. The molecule has 0 N–H and O–H groups in total. The summed E-state index contributed by atoms with van der Waals surface area (Å²) in [4.78, 5) is 0. The first-order chi connectivity index (χ1) is 5.56. The summed E-state index contributed by atoms with van der Waals surface area (Å²) in [6.07, 6.45) is 0.583. The van der Waals surface area contributed by atoms with Gasteiger partial charge < -0.3 is 13.6 Å². The summed E-state index contributed by atoms with van der Waals surface area (Å²) in [6, 6.07) is 0. The van der Waals surface area contributed by atoms with Gasteiger partial charge in [-0.05, 0) is 20.0 Å². The van der Waals surface area contributed by atoms with Crippen molar-refractivity contribution in [3.8, 4) is 0 Å². The summed E-state index contributed by atoms with van der Waals surface area (Å²) >= 11 is 0. The van der Waals surface area contributed by atoms with Crippen molar-refractivity contribution in [3.63, 3.8) is 0 Å². The summed E-state index contributed by atoms with van der Waals surface area (Å²) in [5.41, 5.74) is 0.514. The first-order valence-corrected chi connectivity index (χ1v) is 8.15. The molecule has 2 rings (SSSR count). The molecule has 2 heterocycles. The Bertz CT molecular complexity index is 144. The molecule has 0 saturated carbocycles. The van der Waals surface area contributed by atoms with Crippen LogP contribution in [0.1, 0.15) is 6.92 Å². The predicted molar refractivity (Wildman–Crippen MR) is 53.7 cm³/mol. The van der Waals surface area contributed by atoms with Gasteiger partial charge in [0.25, 0.3) is 0 Å².